The van der Waals surface area contributed by atoms with Crippen molar-refractivity contribution in [3.8, 4) is 0 Å². The van der Waals surface area contributed by atoms with Crippen LogP contribution in [0.3, 0.4) is 0 Å². The Balaban J connectivity index is 2.20. The molecule has 0 spiro atoms. The number of hydrogen-bond acceptors (Lipinski definition) is 5. The van der Waals surface area contributed by atoms with Crippen LogP contribution < -0.4 is 10.1 Å². The molecule has 1 heterocycles. The molecule has 84 valence electrons. The van der Waals surface area contributed by atoms with Gasteiger partial charge in [0.2, 0.25) is 0 Å². The average Bonchev–Trinajstić information content (AvgIpc) is 2.66. The maximum atomic E-state index is 8.90. The van der Waals surface area contributed by atoms with E-state index in [4.69, 9.17) is 14.8 Å². The average molecular weight is 229 g/mol. The Bertz CT molecular complexity index is 280. The molecule has 0 saturated carbocycles. The smallest absolute Gasteiger partial charge is 0.423 e. The molecular weight excluding hydrogens is 213 g/mol. The second-order valence-corrected chi connectivity index (χ2v) is 4.25. The lowest BCUT2D eigenvalue weighted by Gasteiger charge is -2.02. The monoisotopic (exact) mass is 229 g/mol. The zero-order valence-corrected chi connectivity index (χ0v) is 9.59. The van der Waals surface area contributed by atoms with Gasteiger partial charge in [-0.1, -0.05) is 6.07 Å². The highest BCUT2D eigenvalue weighted by atomic mass is 32.1. The normalized spacial score (nSPS) is 10.6. The van der Waals surface area contributed by atoms with Crippen LogP contribution in [0.15, 0.2) is 12.1 Å². The molecule has 0 aliphatic rings. The molecular formula is C9H16BNO3S. The van der Waals surface area contributed by atoms with E-state index in [2.05, 4.69) is 5.32 Å². The van der Waals surface area contributed by atoms with E-state index < -0.39 is 7.12 Å². The number of hydrogen-bond donors (Lipinski definition) is 3. The Morgan fingerprint density at radius 1 is 1.47 bits per heavy atom. The molecule has 0 saturated heterocycles. The zero-order valence-electron chi connectivity index (χ0n) is 8.77. The van der Waals surface area contributed by atoms with Crippen LogP contribution in [0.4, 0.5) is 0 Å². The fraction of sp³-hybridized carbons (Fsp3) is 0.556. The second-order valence-electron chi connectivity index (χ2n) is 3.05. The van der Waals surface area contributed by atoms with Gasteiger partial charge in [-0.2, -0.15) is 0 Å². The Kier molecular flexibility index (Phi) is 5.89. The van der Waals surface area contributed by atoms with E-state index >= 15 is 0 Å². The predicted molar refractivity (Wildman–Crippen MR) is 62.3 cm³/mol. The van der Waals surface area contributed by atoms with Gasteiger partial charge in [-0.25, -0.2) is 0 Å². The molecule has 15 heavy (non-hydrogen) atoms. The van der Waals surface area contributed by atoms with E-state index in [0.29, 0.717) is 11.4 Å². The van der Waals surface area contributed by atoms with Gasteiger partial charge >= 0.3 is 7.12 Å². The third-order valence-corrected chi connectivity index (χ3v) is 2.99. The van der Waals surface area contributed by atoms with Crippen LogP contribution in [0.2, 0.25) is 0 Å². The van der Waals surface area contributed by atoms with E-state index in [9.17, 15) is 0 Å². The Hall–Kier alpha value is -0.395. The van der Waals surface area contributed by atoms with Crippen LogP contribution in [-0.2, 0) is 11.3 Å². The lowest BCUT2D eigenvalue weighted by molar-refractivity contribution is 0.149. The van der Waals surface area contributed by atoms with Crippen molar-refractivity contribution in [2.75, 3.05) is 19.8 Å². The summed E-state index contributed by atoms with van der Waals surface area (Å²) in [6, 6.07) is 3.63. The third kappa shape index (κ3) is 4.77. The van der Waals surface area contributed by atoms with Crippen molar-refractivity contribution in [2.24, 2.45) is 0 Å². The van der Waals surface area contributed by atoms with Gasteiger partial charge in [-0.05, 0) is 13.0 Å². The van der Waals surface area contributed by atoms with E-state index in [1.165, 1.54) is 11.3 Å². The first-order chi connectivity index (χ1) is 7.24. The van der Waals surface area contributed by atoms with Gasteiger partial charge in [0.1, 0.15) is 0 Å². The summed E-state index contributed by atoms with van der Waals surface area (Å²) < 4.78 is 5.76. The summed E-state index contributed by atoms with van der Waals surface area (Å²) in [5, 5.41) is 21.0. The number of nitrogens with one attached hydrogen (secondary N) is 1. The van der Waals surface area contributed by atoms with Crippen LogP contribution in [0.25, 0.3) is 0 Å². The summed E-state index contributed by atoms with van der Waals surface area (Å²) in [7, 11) is -1.35. The minimum Gasteiger partial charge on any atom is -0.423 e. The SMILES string of the molecule is CCOCCNCc1ccc(B(O)O)s1. The lowest BCUT2D eigenvalue weighted by atomic mass is 9.90. The maximum absolute atomic E-state index is 8.90. The van der Waals surface area contributed by atoms with Crippen molar-refractivity contribution in [2.45, 2.75) is 13.5 Å². The molecule has 1 aromatic heterocycles. The van der Waals surface area contributed by atoms with Crippen LogP contribution in [-0.4, -0.2) is 36.9 Å². The molecule has 1 aromatic rings. The molecule has 4 nitrogen and oxygen atoms in total. The molecule has 3 N–H and O–H groups in total. The molecule has 0 aliphatic heterocycles. The molecule has 0 unspecified atom stereocenters. The Morgan fingerprint density at radius 2 is 2.27 bits per heavy atom. The van der Waals surface area contributed by atoms with Gasteiger partial charge in [0, 0.05) is 29.4 Å². The molecule has 0 aromatic carbocycles. The summed E-state index contributed by atoms with van der Waals surface area (Å²) in [5.41, 5.74) is 0. The van der Waals surface area contributed by atoms with Gasteiger partial charge in [0.15, 0.2) is 0 Å². The van der Waals surface area contributed by atoms with Crippen molar-refractivity contribution < 1.29 is 14.8 Å². The molecule has 0 amide bonds. The third-order valence-electron chi connectivity index (χ3n) is 1.86. The number of rotatable bonds is 7. The predicted octanol–water partition coefficient (Wildman–Crippen LogP) is -0.446. The van der Waals surface area contributed by atoms with Gasteiger partial charge in [0.05, 0.1) is 6.61 Å². The summed E-state index contributed by atoms with van der Waals surface area (Å²) in [6.07, 6.45) is 0. The van der Waals surface area contributed by atoms with Gasteiger partial charge in [-0.3, -0.25) is 0 Å². The highest BCUT2D eigenvalue weighted by molar-refractivity contribution is 7.22. The van der Waals surface area contributed by atoms with Crippen molar-refractivity contribution in [1.82, 2.24) is 5.32 Å². The topological polar surface area (TPSA) is 61.7 Å². The van der Waals surface area contributed by atoms with Crippen molar-refractivity contribution in [3.63, 3.8) is 0 Å². The highest BCUT2D eigenvalue weighted by Gasteiger charge is 2.13. The largest absolute Gasteiger partial charge is 0.499 e. The number of thiophene rings is 1. The number of ether oxygens (including phenoxy) is 1. The quantitative estimate of drug-likeness (QED) is 0.438. The Morgan fingerprint density at radius 3 is 2.87 bits per heavy atom. The molecule has 0 aliphatic carbocycles. The first-order valence-electron chi connectivity index (χ1n) is 4.97. The van der Waals surface area contributed by atoms with E-state index in [1.54, 1.807) is 6.07 Å². The molecule has 0 fully saturated rings. The highest BCUT2D eigenvalue weighted by Crippen LogP contribution is 2.06. The summed E-state index contributed by atoms with van der Waals surface area (Å²) in [5.74, 6) is 0. The molecule has 6 heteroatoms. The minimum absolute atomic E-state index is 0.580. The lowest BCUT2D eigenvalue weighted by Crippen LogP contribution is -2.26. The van der Waals surface area contributed by atoms with Crippen LogP contribution in [0.5, 0.6) is 0 Å². The fourth-order valence-corrected chi connectivity index (χ4v) is 1.98. The fourth-order valence-electron chi connectivity index (χ4n) is 1.13. The second kappa shape index (κ2) is 6.97. The summed E-state index contributed by atoms with van der Waals surface area (Å²) >= 11 is 1.40. The van der Waals surface area contributed by atoms with Crippen molar-refractivity contribution in [3.05, 3.63) is 17.0 Å². The molecule has 0 radical (unpaired) electrons. The van der Waals surface area contributed by atoms with Crippen LogP contribution >= 0.6 is 11.3 Å². The Labute approximate surface area is 94.0 Å². The van der Waals surface area contributed by atoms with Crippen LogP contribution in [0.1, 0.15) is 11.8 Å². The van der Waals surface area contributed by atoms with Crippen molar-refractivity contribution >= 4 is 23.2 Å². The van der Waals surface area contributed by atoms with Crippen LogP contribution in [0, 0.1) is 0 Å². The van der Waals surface area contributed by atoms with Gasteiger partial charge in [-0.15, -0.1) is 11.3 Å². The molecule has 0 bridgehead atoms. The standard InChI is InChI=1S/C9H16BNO3S/c1-2-14-6-5-11-7-8-3-4-9(15-8)10(12)13/h3-4,11-13H,2,5-7H2,1H3. The van der Waals surface area contributed by atoms with Gasteiger partial charge in [0.25, 0.3) is 0 Å². The molecule has 1 rings (SSSR count). The first kappa shape index (κ1) is 12.7. The van der Waals surface area contributed by atoms with E-state index in [0.717, 1.165) is 24.6 Å². The van der Waals surface area contributed by atoms with Crippen molar-refractivity contribution in [1.29, 1.82) is 0 Å². The zero-order chi connectivity index (χ0) is 11.1. The first-order valence-corrected chi connectivity index (χ1v) is 5.79. The maximum Gasteiger partial charge on any atom is 0.499 e. The minimum atomic E-state index is -1.35. The van der Waals surface area contributed by atoms with E-state index in [-0.39, 0.29) is 0 Å². The molecule has 0 atom stereocenters. The summed E-state index contributed by atoms with van der Waals surface area (Å²) in [4.78, 5) is 1.09. The summed E-state index contributed by atoms with van der Waals surface area (Å²) in [6.45, 7) is 4.96. The van der Waals surface area contributed by atoms with E-state index in [1.807, 2.05) is 13.0 Å². The van der Waals surface area contributed by atoms with Gasteiger partial charge < -0.3 is 20.1 Å².